The topological polar surface area (TPSA) is 38.3 Å². The first-order valence-corrected chi connectivity index (χ1v) is 7.36. The molecule has 1 aliphatic rings. The highest BCUT2D eigenvalue weighted by Crippen LogP contribution is 2.29. The molecule has 3 nitrogen and oxygen atoms in total. The van der Waals surface area contributed by atoms with Crippen LogP contribution in [0.2, 0.25) is 0 Å². The first kappa shape index (κ1) is 15.0. The van der Waals surface area contributed by atoms with Gasteiger partial charge in [0.25, 0.3) is 0 Å². The normalized spacial score (nSPS) is 23.4. The second-order valence-electron chi connectivity index (χ2n) is 6.70. The predicted octanol–water partition coefficient (Wildman–Crippen LogP) is 3.03. The van der Waals surface area contributed by atoms with Crippen molar-refractivity contribution in [1.29, 1.82) is 0 Å². The minimum absolute atomic E-state index is 0.0711. The lowest BCUT2D eigenvalue weighted by atomic mass is 9.87. The van der Waals surface area contributed by atoms with Crippen molar-refractivity contribution in [2.24, 2.45) is 5.41 Å². The summed E-state index contributed by atoms with van der Waals surface area (Å²) in [5, 5.41) is 3.33. The minimum atomic E-state index is -0.449. The number of rotatable bonds is 2. The number of nitrogens with one attached hydrogen (secondary N) is 1. The highest BCUT2D eigenvalue weighted by atomic mass is 16.5. The number of benzene rings is 1. The Labute approximate surface area is 121 Å². The van der Waals surface area contributed by atoms with Crippen LogP contribution in [0.4, 0.5) is 0 Å². The molecule has 0 amide bonds. The molecule has 0 aromatic heterocycles. The van der Waals surface area contributed by atoms with E-state index >= 15 is 0 Å². The highest BCUT2D eigenvalue weighted by Gasteiger charge is 2.33. The minimum Gasteiger partial charge on any atom is -0.460 e. The molecule has 20 heavy (non-hydrogen) atoms. The quantitative estimate of drug-likeness (QED) is 0.843. The van der Waals surface area contributed by atoms with Crippen molar-refractivity contribution in [3.05, 3.63) is 35.4 Å². The van der Waals surface area contributed by atoms with Crippen molar-refractivity contribution in [2.75, 3.05) is 13.1 Å². The Bertz CT molecular complexity index is 459. The lowest BCUT2D eigenvalue weighted by molar-refractivity contribution is -0.160. The molecule has 2 atom stereocenters. The fraction of sp³-hybridized carbons (Fsp3) is 0.588. The fourth-order valence-electron chi connectivity index (χ4n) is 2.46. The Morgan fingerprint density at radius 1 is 1.25 bits per heavy atom. The van der Waals surface area contributed by atoms with Crippen molar-refractivity contribution < 1.29 is 9.53 Å². The maximum absolute atomic E-state index is 12.1. The number of carbonyl (C=O) groups excluding carboxylic acids is 1. The predicted molar refractivity (Wildman–Crippen MR) is 80.7 cm³/mol. The standard InChI is InChI=1S/C17H25NO2/c1-12-5-7-13(8-6-12)14-9-10-18-11-15(14)20-16(19)17(2,3)4/h5-8,14-15,18H,9-11H2,1-4H3. The molecule has 0 radical (unpaired) electrons. The summed E-state index contributed by atoms with van der Waals surface area (Å²) < 4.78 is 5.75. The highest BCUT2D eigenvalue weighted by molar-refractivity contribution is 5.75. The maximum atomic E-state index is 12.1. The lowest BCUT2D eigenvalue weighted by Crippen LogP contribution is -2.43. The van der Waals surface area contributed by atoms with E-state index in [-0.39, 0.29) is 12.1 Å². The number of ether oxygens (including phenoxy) is 1. The zero-order valence-electron chi connectivity index (χ0n) is 12.9. The van der Waals surface area contributed by atoms with Crippen LogP contribution in [-0.4, -0.2) is 25.2 Å². The molecule has 0 spiro atoms. The third-order valence-electron chi connectivity index (χ3n) is 3.80. The van der Waals surface area contributed by atoms with E-state index in [2.05, 4.69) is 36.5 Å². The van der Waals surface area contributed by atoms with Gasteiger partial charge >= 0.3 is 5.97 Å². The molecule has 0 bridgehead atoms. The van der Waals surface area contributed by atoms with Gasteiger partial charge in [-0.2, -0.15) is 0 Å². The lowest BCUT2D eigenvalue weighted by Gasteiger charge is -2.34. The summed E-state index contributed by atoms with van der Waals surface area (Å²) in [6, 6.07) is 8.56. The molecule has 1 aliphatic heterocycles. The molecular formula is C17H25NO2. The van der Waals surface area contributed by atoms with E-state index < -0.39 is 5.41 Å². The van der Waals surface area contributed by atoms with Crippen LogP contribution in [0.25, 0.3) is 0 Å². The van der Waals surface area contributed by atoms with E-state index in [1.165, 1.54) is 11.1 Å². The second-order valence-corrected chi connectivity index (χ2v) is 6.70. The first-order chi connectivity index (χ1) is 9.38. The van der Waals surface area contributed by atoms with Crippen LogP contribution < -0.4 is 5.32 Å². The smallest absolute Gasteiger partial charge is 0.311 e. The third kappa shape index (κ3) is 3.60. The summed E-state index contributed by atoms with van der Waals surface area (Å²) in [6.45, 7) is 9.48. The van der Waals surface area contributed by atoms with Crippen LogP contribution >= 0.6 is 0 Å². The van der Waals surface area contributed by atoms with Crippen LogP contribution in [0.1, 0.15) is 44.2 Å². The van der Waals surface area contributed by atoms with E-state index in [0.717, 1.165) is 19.5 Å². The number of hydrogen-bond acceptors (Lipinski definition) is 3. The summed E-state index contributed by atoms with van der Waals surface area (Å²) in [5.74, 6) is 0.173. The number of piperidine rings is 1. The summed E-state index contributed by atoms with van der Waals surface area (Å²) in [5.41, 5.74) is 2.07. The van der Waals surface area contributed by atoms with Gasteiger partial charge in [-0.15, -0.1) is 0 Å². The van der Waals surface area contributed by atoms with Crippen molar-refractivity contribution in [3.63, 3.8) is 0 Å². The average Bonchev–Trinajstić information content (AvgIpc) is 2.39. The van der Waals surface area contributed by atoms with Crippen LogP contribution in [0.3, 0.4) is 0 Å². The van der Waals surface area contributed by atoms with Crippen LogP contribution in [-0.2, 0) is 9.53 Å². The van der Waals surface area contributed by atoms with E-state index in [0.29, 0.717) is 5.92 Å². The SMILES string of the molecule is Cc1ccc(C2CCNCC2OC(=O)C(C)(C)C)cc1. The van der Waals surface area contributed by atoms with Gasteiger partial charge in [0.05, 0.1) is 5.41 Å². The van der Waals surface area contributed by atoms with Gasteiger partial charge in [-0.3, -0.25) is 4.79 Å². The van der Waals surface area contributed by atoms with Crippen LogP contribution in [0, 0.1) is 12.3 Å². The van der Waals surface area contributed by atoms with E-state index in [1.54, 1.807) is 0 Å². The number of esters is 1. The maximum Gasteiger partial charge on any atom is 0.311 e. The molecule has 2 rings (SSSR count). The molecule has 1 saturated heterocycles. The van der Waals surface area contributed by atoms with Gasteiger partial charge in [-0.25, -0.2) is 0 Å². The zero-order chi connectivity index (χ0) is 14.8. The Morgan fingerprint density at radius 3 is 2.50 bits per heavy atom. The van der Waals surface area contributed by atoms with Gasteiger partial charge < -0.3 is 10.1 Å². The van der Waals surface area contributed by atoms with Gasteiger partial charge in [-0.05, 0) is 46.2 Å². The fourth-order valence-corrected chi connectivity index (χ4v) is 2.46. The summed E-state index contributed by atoms with van der Waals surface area (Å²) >= 11 is 0. The summed E-state index contributed by atoms with van der Waals surface area (Å²) in [4.78, 5) is 12.1. The van der Waals surface area contributed by atoms with Gasteiger partial charge in [0, 0.05) is 12.5 Å². The Kier molecular flexibility index (Phi) is 4.48. The number of aryl methyl sites for hydroxylation is 1. The van der Waals surface area contributed by atoms with Crippen molar-refractivity contribution in [2.45, 2.75) is 46.1 Å². The van der Waals surface area contributed by atoms with Crippen molar-refractivity contribution in [3.8, 4) is 0 Å². The molecule has 1 aromatic carbocycles. The molecule has 0 aliphatic carbocycles. The molecule has 2 unspecified atom stereocenters. The summed E-state index contributed by atoms with van der Waals surface area (Å²) in [7, 11) is 0. The molecule has 3 heteroatoms. The van der Waals surface area contributed by atoms with Gasteiger partial charge in [0.1, 0.15) is 6.10 Å². The van der Waals surface area contributed by atoms with Gasteiger partial charge in [0.2, 0.25) is 0 Å². The molecule has 0 saturated carbocycles. The van der Waals surface area contributed by atoms with Gasteiger partial charge in [0.15, 0.2) is 0 Å². The molecule has 1 fully saturated rings. The van der Waals surface area contributed by atoms with Crippen LogP contribution in [0.5, 0.6) is 0 Å². The van der Waals surface area contributed by atoms with Gasteiger partial charge in [-0.1, -0.05) is 29.8 Å². The third-order valence-corrected chi connectivity index (χ3v) is 3.80. The van der Waals surface area contributed by atoms with E-state index in [1.807, 2.05) is 20.8 Å². The Hall–Kier alpha value is -1.35. The largest absolute Gasteiger partial charge is 0.460 e. The van der Waals surface area contributed by atoms with Crippen molar-refractivity contribution in [1.82, 2.24) is 5.32 Å². The molecular weight excluding hydrogens is 250 g/mol. The second kappa shape index (κ2) is 5.96. The molecule has 1 aromatic rings. The van der Waals surface area contributed by atoms with E-state index in [4.69, 9.17) is 4.74 Å². The van der Waals surface area contributed by atoms with E-state index in [9.17, 15) is 4.79 Å². The molecule has 1 heterocycles. The Morgan fingerprint density at radius 2 is 1.90 bits per heavy atom. The zero-order valence-corrected chi connectivity index (χ0v) is 12.9. The monoisotopic (exact) mass is 275 g/mol. The van der Waals surface area contributed by atoms with Crippen LogP contribution in [0.15, 0.2) is 24.3 Å². The average molecular weight is 275 g/mol. The molecule has 1 N–H and O–H groups in total. The number of carbonyl (C=O) groups is 1. The molecule has 110 valence electrons. The summed E-state index contributed by atoms with van der Waals surface area (Å²) in [6.07, 6.45) is 0.934. The number of hydrogen-bond donors (Lipinski definition) is 1. The Balaban J connectivity index is 2.13. The van der Waals surface area contributed by atoms with Crippen molar-refractivity contribution >= 4 is 5.97 Å². The first-order valence-electron chi connectivity index (χ1n) is 7.36.